The second kappa shape index (κ2) is 10.6. The van der Waals surface area contributed by atoms with Gasteiger partial charge in [0.25, 0.3) is 11.2 Å². The van der Waals surface area contributed by atoms with E-state index in [4.69, 9.17) is 16.6 Å². The molecule has 0 aliphatic carbocycles. The second-order valence-corrected chi connectivity index (χ2v) is 8.89. The lowest BCUT2D eigenvalue weighted by atomic mass is 10.1. The summed E-state index contributed by atoms with van der Waals surface area (Å²) in [4.78, 5) is 28.7. The van der Waals surface area contributed by atoms with Crippen LogP contribution in [0.5, 0.6) is 0 Å². The summed E-state index contributed by atoms with van der Waals surface area (Å²) in [5.74, 6) is 0.475. The maximum absolute atomic E-state index is 13.6. The molecule has 0 saturated carbocycles. The first-order chi connectivity index (χ1) is 18.4. The van der Waals surface area contributed by atoms with E-state index in [9.17, 15) is 14.9 Å². The number of non-ortho nitro benzene ring substituents is 1. The highest BCUT2D eigenvalue weighted by Gasteiger charge is 2.12. The van der Waals surface area contributed by atoms with Crippen LogP contribution in [0, 0.1) is 17.0 Å². The summed E-state index contributed by atoms with van der Waals surface area (Å²) in [6.45, 7) is 1.87. The fraction of sp³-hybridized carbons (Fsp3) is 0.0345. The molecule has 5 aromatic rings. The van der Waals surface area contributed by atoms with Crippen LogP contribution in [-0.2, 0) is 0 Å². The average molecular weight is 522 g/mol. The quantitative estimate of drug-likeness (QED) is 0.129. The van der Waals surface area contributed by atoms with Gasteiger partial charge in [0.2, 0.25) is 0 Å². The lowest BCUT2D eigenvalue weighted by Gasteiger charge is -2.13. The molecule has 8 nitrogen and oxygen atoms in total. The number of halogens is 1. The summed E-state index contributed by atoms with van der Waals surface area (Å²) < 4.78 is 1.57. The molecular formula is C29H20ClN5O3. The number of nitro groups is 1. The van der Waals surface area contributed by atoms with Crippen LogP contribution in [0.2, 0.25) is 5.02 Å². The molecule has 0 bridgehead atoms. The van der Waals surface area contributed by atoms with Crippen LogP contribution in [0.25, 0.3) is 28.7 Å². The predicted octanol–water partition coefficient (Wildman–Crippen LogP) is 7.84. The van der Waals surface area contributed by atoms with Gasteiger partial charge < -0.3 is 0 Å². The summed E-state index contributed by atoms with van der Waals surface area (Å²) in [5.41, 5.74) is 3.84. The van der Waals surface area contributed by atoms with Crippen LogP contribution >= 0.6 is 11.6 Å². The number of aromatic nitrogens is 2. The molecule has 186 valence electrons. The van der Waals surface area contributed by atoms with Crippen molar-refractivity contribution in [3.05, 3.63) is 133 Å². The Kier molecular flexibility index (Phi) is 6.88. The molecule has 0 aliphatic rings. The van der Waals surface area contributed by atoms with Crippen molar-refractivity contribution in [1.82, 2.24) is 9.55 Å². The molecule has 0 N–H and O–H groups in total. The number of hydrogen-bond donors (Lipinski definition) is 0. The van der Waals surface area contributed by atoms with Gasteiger partial charge in [0.1, 0.15) is 5.82 Å². The van der Waals surface area contributed by atoms with Gasteiger partial charge in [-0.05, 0) is 78.7 Å². The molecule has 9 heteroatoms. The number of benzene rings is 4. The zero-order chi connectivity index (χ0) is 26.6. The molecule has 38 heavy (non-hydrogen) atoms. The first kappa shape index (κ1) is 24.7. The van der Waals surface area contributed by atoms with E-state index < -0.39 is 4.92 Å². The topological polar surface area (TPSA) is 103 Å². The van der Waals surface area contributed by atoms with E-state index in [2.05, 4.69) is 10.2 Å². The van der Waals surface area contributed by atoms with Gasteiger partial charge in [0.15, 0.2) is 0 Å². The number of nitrogens with zero attached hydrogens (tertiary/aromatic N) is 5. The molecule has 1 heterocycles. The number of azo groups is 1. The van der Waals surface area contributed by atoms with Crippen molar-refractivity contribution in [3.63, 3.8) is 0 Å². The standard InChI is InChI=1S/C29H20ClN5O3/c1-19-18-24(15-16-26(19)33-32-22-11-13-23(14-12-22)35(37)38)34-28(17-8-20-6-9-21(30)10-7-20)31-27-5-3-2-4-25(27)29(34)36/h2-18H,1H3/b17-8+,33-32?. The van der Waals surface area contributed by atoms with Gasteiger partial charge in [-0.3, -0.25) is 19.5 Å². The number of para-hydroxylation sites is 1. The third-order valence-corrected chi connectivity index (χ3v) is 6.12. The molecule has 0 amide bonds. The Bertz CT molecular complexity index is 1780. The van der Waals surface area contributed by atoms with Gasteiger partial charge in [-0.1, -0.05) is 41.9 Å². The number of aryl methyl sites for hydroxylation is 1. The fourth-order valence-electron chi connectivity index (χ4n) is 3.90. The zero-order valence-corrected chi connectivity index (χ0v) is 20.9. The number of rotatable bonds is 6. The highest BCUT2D eigenvalue weighted by Crippen LogP contribution is 2.26. The summed E-state index contributed by atoms with van der Waals surface area (Å²) in [7, 11) is 0. The van der Waals surface area contributed by atoms with Crippen molar-refractivity contribution < 1.29 is 4.92 Å². The molecule has 0 spiro atoms. The highest BCUT2D eigenvalue weighted by atomic mass is 35.5. The third kappa shape index (κ3) is 5.25. The molecule has 0 unspecified atom stereocenters. The predicted molar refractivity (Wildman–Crippen MR) is 150 cm³/mol. The third-order valence-electron chi connectivity index (χ3n) is 5.87. The Morgan fingerprint density at radius 2 is 1.66 bits per heavy atom. The lowest BCUT2D eigenvalue weighted by Crippen LogP contribution is -2.22. The van der Waals surface area contributed by atoms with E-state index in [1.807, 2.05) is 49.4 Å². The Morgan fingerprint density at radius 3 is 2.37 bits per heavy atom. The Labute approximate surface area is 222 Å². The van der Waals surface area contributed by atoms with E-state index in [0.29, 0.717) is 38.8 Å². The molecular weight excluding hydrogens is 502 g/mol. The molecule has 0 fully saturated rings. The summed E-state index contributed by atoms with van der Waals surface area (Å²) in [5, 5.41) is 20.5. The minimum atomic E-state index is -0.466. The summed E-state index contributed by atoms with van der Waals surface area (Å²) in [6, 6.07) is 25.8. The van der Waals surface area contributed by atoms with Gasteiger partial charge in [-0.2, -0.15) is 10.2 Å². The molecule has 0 saturated heterocycles. The normalized spacial score (nSPS) is 11.5. The fourth-order valence-corrected chi connectivity index (χ4v) is 4.03. The lowest BCUT2D eigenvalue weighted by molar-refractivity contribution is -0.384. The van der Waals surface area contributed by atoms with Crippen molar-refractivity contribution in [2.75, 3.05) is 0 Å². The van der Waals surface area contributed by atoms with E-state index >= 15 is 0 Å². The molecule has 0 aliphatic heterocycles. The Hall–Kier alpha value is -4.95. The molecule has 1 aromatic heterocycles. The Balaban J connectivity index is 1.53. The average Bonchev–Trinajstić information content (AvgIpc) is 2.92. The molecule has 0 atom stereocenters. The van der Waals surface area contributed by atoms with Crippen molar-refractivity contribution in [1.29, 1.82) is 0 Å². The summed E-state index contributed by atoms with van der Waals surface area (Å²) >= 11 is 6.00. The van der Waals surface area contributed by atoms with E-state index in [-0.39, 0.29) is 11.2 Å². The van der Waals surface area contributed by atoms with Gasteiger partial charge in [0.05, 0.1) is 32.9 Å². The van der Waals surface area contributed by atoms with Crippen LogP contribution in [0.15, 0.2) is 106 Å². The maximum atomic E-state index is 13.6. The van der Waals surface area contributed by atoms with Crippen LogP contribution in [0.1, 0.15) is 17.0 Å². The summed E-state index contributed by atoms with van der Waals surface area (Å²) in [6.07, 6.45) is 3.68. The van der Waals surface area contributed by atoms with Gasteiger partial charge in [-0.25, -0.2) is 4.98 Å². The minimum Gasteiger partial charge on any atom is -0.268 e. The first-order valence-corrected chi connectivity index (χ1v) is 12.0. The monoisotopic (exact) mass is 521 g/mol. The number of nitro benzene ring substituents is 1. The van der Waals surface area contributed by atoms with Crippen LogP contribution < -0.4 is 5.56 Å². The largest absolute Gasteiger partial charge is 0.269 e. The van der Waals surface area contributed by atoms with Crippen molar-refractivity contribution >= 4 is 51.7 Å². The number of fused-ring (bicyclic) bond motifs is 1. The first-order valence-electron chi connectivity index (χ1n) is 11.6. The van der Waals surface area contributed by atoms with Gasteiger partial charge >= 0.3 is 0 Å². The van der Waals surface area contributed by atoms with E-state index in [1.165, 1.54) is 24.3 Å². The zero-order valence-electron chi connectivity index (χ0n) is 20.2. The van der Waals surface area contributed by atoms with Crippen molar-refractivity contribution in [2.45, 2.75) is 6.92 Å². The van der Waals surface area contributed by atoms with Crippen molar-refractivity contribution in [2.24, 2.45) is 10.2 Å². The maximum Gasteiger partial charge on any atom is 0.269 e. The molecule has 0 radical (unpaired) electrons. The highest BCUT2D eigenvalue weighted by molar-refractivity contribution is 6.30. The molecule has 4 aromatic carbocycles. The van der Waals surface area contributed by atoms with Gasteiger partial charge in [0, 0.05) is 17.2 Å². The van der Waals surface area contributed by atoms with Crippen LogP contribution in [0.3, 0.4) is 0 Å². The number of hydrogen-bond acceptors (Lipinski definition) is 6. The Morgan fingerprint density at radius 1 is 0.921 bits per heavy atom. The SMILES string of the molecule is Cc1cc(-n2c(/C=C/c3ccc(Cl)cc3)nc3ccccc3c2=O)ccc1N=Nc1ccc([N+](=O)[O-])cc1. The van der Waals surface area contributed by atoms with E-state index in [1.54, 1.807) is 41.0 Å². The van der Waals surface area contributed by atoms with Crippen LogP contribution in [0.4, 0.5) is 17.1 Å². The minimum absolute atomic E-state index is 0.0140. The van der Waals surface area contributed by atoms with Gasteiger partial charge in [-0.15, -0.1) is 0 Å². The van der Waals surface area contributed by atoms with Crippen molar-refractivity contribution in [3.8, 4) is 5.69 Å². The van der Waals surface area contributed by atoms with Crippen LogP contribution in [-0.4, -0.2) is 14.5 Å². The smallest absolute Gasteiger partial charge is 0.268 e. The second-order valence-electron chi connectivity index (χ2n) is 8.46. The van der Waals surface area contributed by atoms with E-state index in [0.717, 1.165) is 11.1 Å². The molecule has 5 rings (SSSR count).